The highest BCUT2D eigenvalue weighted by atomic mass is 16.5. The molecule has 0 aliphatic carbocycles. The molecule has 0 amide bonds. The molecule has 0 saturated carbocycles. The number of methoxy groups -OCH3 is 1. The van der Waals surface area contributed by atoms with Gasteiger partial charge in [0.2, 0.25) is 5.78 Å². The Morgan fingerprint density at radius 3 is 2.56 bits per heavy atom. The minimum Gasteiger partial charge on any atom is -0.494 e. The molecule has 1 aromatic carbocycles. The van der Waals surface area contributed by atoms with Crippen molar-refractivity contribution in [2.24, 2.45) is 0 Å². The molecule has 3 nitrogen and oxygen atoms in total. The Labute approximate surface area is 93.7 Å². The number of ether oxygens (including phenoxy) is 1. The third-order valence-corrected chi connectivity index (χ3v) is 2.24. The van der Waals surface area contributed by atoms with E-state index in [9.17, 15) is 4.79 Å². The van der Waals surface area contributed by atoms with Crippen LogP contribution in [0.4, 0.5) is 0 Å². The molecule has 16 heavy (non-hydrogen) atoms. The van der Waals surface area contributed by atoms with Gasteiger partial charge >= 0.3 is 0 Å². The first-order valence-corrected chi connectivity index (χ1v) is 4.91. The Morgan fingerprint density at radius 1 is 1.12 bits per heavy atom. The molecule has 3 heteroatoms. The quantitative estimate of drug-likeness (QED) is 0.734. The van der Waals surface area contributed by atoms with Crippen LogP contribution in [0.2, 0.25) is 0 Å². The summed E-state index contributed by atoms with van der Waals surface area (Å²) in [7, 11) is 1.53. The zero-order valence-electron chi connectivity index (χ0n) is 8.88. The van der Waals surface area contributed by atoms with Crippen molar-refractivity contribution < 1.29 is 9.53 Å². The lowest BCUT2D eigenvalue weighted by Gasteiger charge is -2.05. The fourth-order valence-corrected chi connectivity index (χ4v) is 1.45. The predicted octanol–water partition coefficient (Wildman–Crippen LogP) is 2.32. The number of pyridine rings is 1. The molecule has 0 aliphatic rings. The molecule has 80 valence electrons. The van der Waals surface area contributed by atoms with E-state index in [1.807, 2.05) is 18.2 Å². The number of hydrogen-bond donors (Lipinski definition) is 0. The molecule has 0 aliphatic heterocycles. The molecule has 2 rings (SSSR count). The normalized spacial score (nSPS) is 9.81. The van der Waals surface area contributed by atoms with Crippen LogP contribution in [0.25, 0.3) is 0 Å². The Morgan fingerprint density at radius 2 is 1.88 bits per heavy atom. The van der Waals surface area contributed by atoms with E-state index in [0.717, 1.165) is 0 Å². The molecule has 1 heterocycles. The molecule has 0 bridgehead atoms. The summed E-state index contributed by atoms with van der Waals surface area (Å²) in [6.07, 6.45) is 1.58. The number of benzene rings is 1. The highest BCUT2D eigenvalue weighted by Gasteiger charge is 2.14. The van der Waals surface area contributed by atoms with Crippen LogP contribution in [0.1, 0.15) is 16.1 Å². The number of ketones is 1. The van der Waals surface area contributed by atoms with E-state index in [2.05, 4.69) is 4.98 Å². The van der Waals surface area contributed by atoms with Crippen molar-refractivity contribution in [2.75, 3.05) is 7.11 Å². The number of carbonyl (C=O) groups is 1. The van der Waals surface area contributed by atoms with Crippen LogP contribution < -0.4 is 4.74 Å². The van der Waals surface area contributed by atoms with Gasteiger partial charge in [0.1, 0.15) is 5.75 Å². The predicted molar refractivity (Wildman–Crippen MR) is 60.7 cm³/mol. The lowest BCUT2D eigenvalue weighted by molar-refractivity contribution is 0.103. The maximum Gasteiger partial charge on any atom is 0.215 e. The molecule has 2 aromatic rings. The van der Waals surface area contributed by atoms with Crippen molar-refractivity contribution in [3.63, 3.8) is 0 Å². The number of carbonyl (C=O) groups excluding carboxylic acids is 1. The van der Waals surface area contributed by atoms with E-state index >= 15 is 0 Å². The molecule has 0 atom stereocenters. The first-order valence-electron chi connectivity index (χ1n) is 4.91. The van der Waals surface area contributed by atoms with Gasteiger partial charge in [0.25, 0.3) is 0 Å². The van der Waals surface area contributed by atoms with Gasteiger partial charge < -0.3 is 4.74 Å². The average molecular weight is 213 g/mol. The van der Waals surface area contributed by atoms with Crippen LogP contribution in [-0.2, 0) is 0 Å². The lowest BCUT2D eigenvalue weighted by atomic mass is 10.1. The highest BCUT2D eigenvalue weighted by Crippen LogP contribution is 2.18. The van der Waals surface area contributed by atoms with Crippen LogP contribution >= 0.6 is 0 Å². The summed E-state index contributed by atoms with van der Waals surface area (Å²) in [5, 5.41) is 0. The van der Waals surface area contributed by atoms with E-state index < -0.39 is 0 Å². The lowest BCUT2D eigenvalue weighted by Crippen LogP contribution is -2.06. The first-order chi connectivity index (χ1) is 7.83. The monoisotopic (exact) mass is 213 g/mol. The SMILES string of the molecule is COc1cccnc1C(=O)c1ccccc1. The maximum atomic E-state index is 12.1. The van der Waals surface area contributed by atoms with E-state index in [1.165, 1.54) is 7.11 Å². The second-order valence-electron chi connectivity index (χ2n) is 3.25. The van der Waals surface area contributed by atoms with Crippen LogP contribution in [0, 0.1) is 0 Å². The third-order valence-electron chi connectivity index (χ3n) is 2.24. The summed E-state index contributed by atoms with van der Waals surface area (Å²) < 4.78 is 5.10. The molecule has 0 radical (unpaired) electrons. The average Bonchev–Trinajstić information content (AvgIpc) is 2.39. The smallest absolute Gasteiger partial charge is 0.215 e. The second kappa shape index (κ2) is 4.57. The van der Waals surface area contributed by atoms with Gasteiger partial charge in [0, 0.05) is 11.8 Å². The molecule has 0 unspecified atom stereocenters. The van der Waals surface area contributed by atoms with Gasteiger partial charge in [0.15, 0.2) is 5.69 Å². The minimum absolute atomic E-state index is 0.127. The molecular formula is C13H11NO2. The Kier molecular flexibility index (Phi) is 2.96. The third kappa shape index (κ3) is 1.93. The summed E-state index contributed by atoms with van der Waals surface area (Å²) in [5.74, 6) is 0.370. The van der Waals surface area contributed by atoms with Gasteiger partial charge in [-0.15, -0.1) is 0 Å². The van der Waals surface area contributed by atoms with Crippen molar-refractivity contribution in [1.82, 2.24) is 4.98 Å². The van der Waals surface area contributed by atoms with Crippen molar-refractivity contribution in [2.45, 2.75) is 0 Å². The molecule has 1 aromatic heterocycles. The summed E-state index contributed by atoms with van der Waals surface area (Å²) in [5.41, 5.74) is 0.954. The largest absolute Gasteiger partial charge is 0.494 e. The number of aromatic nitrogens is 1. The summed E-state index contributed by atoms with van der Waals surface area (Å²) in [6.45, 7) is 0. The van der Waals surface area contributed by atoms with E-state index in [0.29, 0.717) is 17.0 Å². The Bertz CT molecular complexity index is 494. The van der Waals surface area contributed by atoms with Crippen LogP contribution in [-0.4, -0.2) is 17.9 Å². The number of rotatable bonds is 3. The van der Waals surface area contributed by atoms with Crippen molar-refractivity contribution in [3.05, 3.63) is 59.9 Å². The van der Waals surface area contributed by atoms with Crippen LogP contribution in [0.15, 0.2) is 48.7 Å². The number of hydrogen-bond acceptors (Lipinski definition) is 3. The topological polar surface area (TPSA) is 39.2 Å². The van der Waals surface area contributed by atoms with Crippen molar-refractivity contribution in [1.29, 1.82) is 0 Å². The van der Waals surface area contributed by atoms with Crippen molar-refractivity contribution >= 4 is 5.78 Å². The molecule has 0 N–H and O–H groups in total. The van der Waals surface area contributed by atoms with Gasteiger partial charge in [-0.1, -0.05) is 30.3 Å². The zero-order valence-corrected chi connectivity index (χ0v) is 8.88. The summed E-state index contributed by atoms with van der Waals surface area (Å²) in [6, 6.07) is 12.5. The van der Waals surface area contributed by atoms with Crippen molar-refractivity contribution in [3.8, 4) is 5.75 Å². The zero-order chi connectivity index (χ0) is 11.4. The van der Waals surface area contributed by atoms with Crippen LogP contribution in [0.3, 0.4) is 0 Å². The van der Waals surface area contributed by atoms with Crippen LogP contribution in [0.5, 0.6) is 5.75 Å². The van der Waals surface area contributed by atoms with Gasteiger partial charge in [-0.05, 0) is 12.1 Å². The van der Waals surface area contributed by atoms with Gasteiger partial charge in [-0.3, -0.25) is 4.79 Å². The van der Waals surface area contributed by atoms with E-state index in [1.54, 1.807) is 30.5 Å². The minimum atomic E-state index is -0.127. The Balaban J connectivity index is 2.42. The maximum absolute atomic E-state index is 12.1. The summed E-state index contributed by atoms with van der Waals surface area (Å²) in [4.78, 5) is 16.1. The fraction of sp³-hybridized carbons (Fsp3) is 0.0769. The van der Waals surface area contributed by atoms with Gasteiger partial charge in [0.05, 0.1) is 7.11 Å². The highest BCUT2D eigenvalue weighted by molar-refractivity contribution is 6.09. The molecule has 0 fully saturated rings. The summed E-state index contributed by atoms with van der Waals surface area (Å²) >= 11 is 0. The molecular weight excluding hydrogens is 202 g/mol. The Hall–Kier alpha value is -2.16. The number of nitrogens with zero attached hydrogens (tertiary/aromatic N) is 1. The second-order valence-corrected chi connectivity index (χ2v) is 3.25. The van der Waals surface area contributed by atoms with E-state index in [-0.39, 0.29) is 5.78 Å². The molecule has 0 spiro atoms. The first kappa shape index (κ1) is 10.4. The van der Waals surface area contributed by atoms with Gasteiger partial charge in [-0.2, -0.15) is 0 Å². The van der Waals surface area contributed by atoms with Gasteiger partial charge in [-0.25, -0.2) is 4.98 Å². The standard InChI is InChI=1S/C13H11NO2/c1-16-11-8-5-9-14-12(11)13(15)10-6-3-2-4-7-10/h2-9H,1H3. The van der Waals surface area contributed by atoms with E-state index in [4.69, 9.17) is 4.74 Å². The molecule has 0 saturated heterocycles. The fourth-order valence-electron chi connectivity index (χ4n) is 1.45.